The first kappa shape index (κ1) is 20.1. The number of methoxy groups -OCH3 is 2. The Morgan fingerprint density at radius 3 is 2.52 bits per heavy atom. The number of rotatable bonds is 6. The van der Waals surface area contributed by atoms with E-state index in [0.29, 0.717) is 49.8 Å². The van der Waals surface area contributed by atoms with Crippen molar-refractivity contribution in [1.29, 1.82) is 0 Å². The molecule has 2 aromatic carbocycles. The minimum atomic E-state index is -0.242. The predicted octanol–water partition coefficient (Wildman–Crippen LogP) is 5.85. The molecule has 0 spiro atoms. The minimum Gasteiger partial charge on any atom is -0.493 e. The van der Waals surface area contributed by atoms with Gasteiger partial charge in [0, 0.05) is 21.7 Å². The average molecular weight is 445 g/mol. The zero-order valence-electron chi connectivity index (χ0n) is 14.6. The molecule has 0 aliphatic heterocycles. The molecule has 0 unspecified atom stereocenters. The van der Waals surface area contributed by atoms with E-state index in [9.17, 15) is 4.79 Å². The lowest BCUT2D eigenvalue weighted by Gasteiger charge is -2.10. The largest absolute Gasteiger partial charge is 0.493 e. The maximum absolute atomic E-state index is 12.5. The molecule has 1 aromatic heterocycles. The Morgan fingerprint density at radius 2 is 1.81 bits per heavy atom. The summed E-state index contributed by atoms with van der Waals surface area (Å²) in [7, 11) is 3.18. The van der Waals surface area contributed by atoms with Gasteiger partial charge in [-0.1, -0.05) is 40.9 Å². The molecule has 8 heteroatoms. The highest BCUT2D eigenvalue weighted by atomic mass is 35.5. The number of halogens is 3. The van der Waals surface area contributed by atoms with E-state index in [1.54, 1.807) is 26.4 Å². The van der Waals surface area contributed by atoms with E-state index >= 15 is 0 Å². The van der Waals surface area contributed by atoms with Gasteiger partial charge in [0.15, 0.2) is 11.5 Å². The normalized spacial score (nSPS) is 10.9. The molecule has 4 nitrogen and oxygen atoms in total. The monoisotopic (exact) mass is 443 g/mol. The van der Waals surface area contributed by atoms with Gasteiger partial charge in [-0.15, -0.1) is 11.3 Å². The van der Waals surface area contributed by atoms with Crippen LogP contribution in [0.4, 0.5) is 0 Å². The van der Waals surface area contributed by atoms with Crippen molar-refractivity contribution in [3.8, 4) is 11.5 Å². The predicted molar refractivity (Wildman–Crippen MR) is 112 cm³/mol. The molecule has 0 bridgehead atoms. The van der Waals surface area contributed by atoms with Gasteiger partial charge in [-0.25, -0.2) is 0 Å². The van der Waals surface area contributed by atoms with Gasteiger partial charge in [-0.2, -0.15) is 0 Å². The summed E-state index contributed by atoms with van der Waals surface area (Å²) in [6.45, 7) is 0.452. The number of amides is 1. The van der Waals surface area contributed by atoms with Crippen LogP contribution in [0, 0.1) is 0 Å². The number of nitrogens with one attached hydrogen (secondary N) is 1. The number of hydrogen-bond donors (Lipinski definition) is 1. The van der Waals surface area contributed by atoms with Crippen molar-refractivity contribution in [2.75, 3.05) is 20.8 Å². The van der Waals surface area contributed by atoms with Crippen molar-refractivity contribution in [2.24, 2.45) is 0 Å². The summed E-state index contributed by atoms with van der Waals surface area (Å²) in [6.07, 6.45) is 0.640. The van der Waals surface area contributed by atoms with E-state index < -0.39 is 0 Å². The van der Waals surface area contributed by atoms with Gasteiger partial charge < -0.3 is 14.8 Å². The molecular formula is C19H16Cl3NO3S. The number of thiophene rings is 1. The lowest BCUT2D eigenvalue weighted by Crippen LogP contribution is -2.25. The Labute approximate surface area is 175 Å². The number of ether oxygens (including phenoxy) is 2. The Bertz CT molecular complexity index is 1000. The Morgan fingerprint density at radius 1 is 1.07 bits per heavy atom. The van der Waals surface area contributed by atoms with E-state index in [2.05, 4.69) is 5.32 Å². The van der Waals surface area contributed by atoms with E-state index in [-0.39, 0.29) is 5.91 Å². The summed E-state index contributed by atoms with van der Waals surface area (Å²) in [4.78, 5) is 13.0. The standard InChI is InChI=1S/C19H16Cl3NO3S/c1-25-13-4-3-10(7-14(13)26-2)5-6-23-19(24)18-17(22)16-12(21)8-11(20)9-15(16)27-18/h3-4,7-9H,5-6H2,1-2H3,(H,23,24). The molecule has 0 atom stereocenters. The van der Waals surface area contributed by atoms with Crippen LogP contribution >= 0.6 is 46.1 Å². The second kappa shape index (κ2) is 8.57. The Hall–Kier alpha value is -1.66. The van der Waals surface area contributed by atoms with Gasteiger partial charge in [-0.3, -0.25) is 4.79 Å². The van der Waals surface area contributed by atoms with Crippen LogP contribution in [0.2, 0.25) is 15.1 Å². The van der Waals surface area contributed by atoms with Crippen molar-refractivity contribution in [3.05, 3.63) is 55.8 Å². The highest BCUT2D eigenvalue weighted by molar-refractivity contribution is 7.21. The summed E-state index contributed by atoms with van der Waals surface area (Å²) in [6, 6.07) is 9.02. The highest BCUT2D eigenvalue weighted by Crippen LogP contribution is 2.41. The summed E-state index contributed by atoms with van der Waals surface area (Å²) in [5.41, 5.74) is 1.02. The van der Waals surface area contributed by atoms with Gasteiger partial charge >= 0.3 is 0 Å². The first-order chi connectivity index (χ1) is 12.9. The highest BCUT2D eigenvalue weighted by Gasteiger charge is 2.19. The third-order valence-electron chi connectivity index (χ3n) is 4.00. The van der Waals surface area contributed by atoms with Crippen LogP contribution in [0.3, 0.4) is 0 Å². The maximum atomic E-state index is 12.5. The van der Waals surface area contributed by atoms with Gasteiger partial charge in [-0.05, 0) is 36.2 Å². The molecule has 0 saturated carbocycles. The molecule has 3 aromatic rings. The van der Waals surface area contributed by atoms with Crippen molar-refractivity contribution in [2.45, 2.75) is 6.42 Å². The van der Waals surface area contributed by atoms with Crippen molar-refractivity contribution < 1.29 is 14.3 Å². The van der Waals surface area contributed by atoms with E-state index in [1.165, 1.54) is 11.3 Å². The molecule has 3 rings (SSSR count). The van der Waals surface area contributed by atoms with Crippen molar-refractivity contribution >= 4 is 62.1 Å². The number of carbonyl (C=O) groups excluding carboxylic acids is 1. The maximum Gasteiger partial charge on any atom is 0.262 e. The molecule has 0 aliphatic carbocycles. The van der Waals surface area contributed by atoms with Gasteiger partial charge in [0.25, 0.3) is 5.91 Å². The second-order valence-corrected chi connectivity index (χ2v) is 7.97. The van der Waals surface area contributed by atoms with Crippen LogP contribution in [0.15, 0.2) is 30.3 Å². The number of fused-ring (bicyclic) bond motifs is 1. The van der Waals surface area contributed by atoms with Crippen LogP contribution in [0.25, 0.3) is 10.1 Å². The molecule has 142 valence electrons. The van der Waals surface area contributed by atoms with E-state index in [0.717, 1.165) is 10.3 Å². The molecular weight excluding hydrogens is 429 g/mol. The second-order valence-electron chi connectivity index (χ2n) is 5.70. The summed E-state index contributed by atoms with van der Waals surface area (Å²) >= 11 is 19.9. The average Bonchev–Trinajstić information content (AvgIpc) is 2.98. The third-order valence-corrected chi connectivity index (χ3v) is 6.14. The fourth-order valence-electron chi connectivity index (χ4n) is 2.69. The smallest absolute Gasteiger partial charge is 0.262 e. The lowest BCUT2D eigenvalue weighted by molar-refractivity contribution is 0.0958. The lowest BCUT2D eigenvalue weighted by atomic mass is 10.1. The van der Waals surface area contributed by atoms with Crippen LogP contribution in [-0.4, -0.2) is 26.7 Å². The molecule has 1 N–H and O–H groups in total. The Balaban J connectivity index is 1.71. The zero-order chi connectivity index (χ0) is 19.6. The summed E-state index contributed by atoms with van der Waals surface area (Å²) in [5.74, 6) is 1.08. The molecule has 1 amide bonds. The van der Waals surface area contributed by atoms with E-state index in [4.69, 9.17) is 44.3 Å². The first-order valence-electron chi connectivity index (χ1n) is 8.00. The number of carbonyl (C=O) groups is 1. The summed E-state index contributed by atoms with van der Waals surface area (Å²) in [5, 5.41) is 4.83. The molecule has 1 heterocycles. The molecule has 0 aliphatic rings. The van der Waals surface area contributed by atoms with Gasteiger partial charge in [0.1, 0.15) is 4.88 Å². The Kier molecular flexibility index (Phi) is 6.37. The first-order valence-corrected chi connectivity index (χ1v) is 9.95. The van der Waals surface area contributed by atoms with Crippen LogP contribution in [-0.2, 0) is 6.42 Å². The number of hydrogen-bond acceptors (Lipinski definition) is 4. The number of benzene rings is 2. The molecule has 0 radical (unpaired) electrons. The fourth-order valence-corrected chi connectivity index (χ4v) is 4.99. The van der Waals surface area contributed by atoms with Crippen molar-refractivity contribution in [1.82, 2.24) is 5.32 Å². The SMILES string of the molecule is COc1ccc(CCNC(=O)c2sc3cc(Cl)cc(Cl)c3c2Cl)cc1OC. The quantitative estimate of drug-likeness (QED) is 0.518. The minimum absolute atomic E-state index is 0.242. The topological polar surface area (TPSA) is 47.6 Å². The van der Waals surface area contributed by atoms with Crippen LogP contribution in [0.5, 0.6) is 11.5 Å². The summed E-state index contributed by atoms with van der Waals surface area (Å²) < 4.78 is 11.3. The zero-order valence-corrected chi connectivity index (χ0v) is 17.7. The molecule has 0 saturated heterocycles. The van der Waals surface area contributed by atoms with Gasteiger partial charge in [0.2, 0.25) is 0 Å². The fraction of sp³-hybridized carbons (Fsp3) is 0.211. The van der Waals surface area contributed by atoms with Gasteiger partial charge in [0.05, 0.1) is 24.3 Å². The van der Waals surface area contributed by atoms with Crippen molar-refractivity contribution in [3.63, 3.8) is 0 Å². The molecule has 27 heavy (non-hydrogen) atoms. The van der Waals surface area contributed by atoms with Crippen LogP contribution in [0.1, 0.15) is 15.2 Å². The van der Waals surface area contributed by atoms with E-state index in [1.807, 2.05) is 18.2 Å². The third kappa shape index (κ3) is 4.27. The van der Waals surface area contributed by atoms with Crippen LogP contribution < -0.4 is 14.8 Å². The molecule has 0 fully saturated rings.